The van der Waals surface area contributed by atoms with Gasteiger partial charge in [-0.15, -0.1) is 0 Å². The zero-order valence-corrected chi connectivity index (χ0v) is 16.5. The van der Waals surface area contributed by atoms with Crippen molar-refractivity contribution in [2.75, 3.05) is 20.8 Å². The number of hydrogen-bond acceptors (Lipinski definition) is 6. The summed E-state index contributed by atoms with van der Waals surface area (Å²) in [5, 5.41) is 1.56. The second-order valence-corrected chi connectivity index (χ2v) is 7.73. The maximum absolute atomic E-state index is 12.8. The van der Waals surface area contributed by atoms with E-state index in [0.29, 0.717) is 12.2 Å². The number of nitrogens with two attached hydrogens (primary N) is 2. The first-order valence-corrected chi connectivity index (χ1v) is 9.98. The molecule has 0 aliphatic carbocycles. The smallest absolute Gasteiger partial charge is 0.323 e. The number of nitrogens with one attached hydrogen (secondary N) is 1. The summed E-state index contributed by atoms with van der Waals surface area (Å²) < 4.78 is 37.8. The summed E-state index contributed by atoms with van der Waals surface area (Å²) in [6.45, 7) is 0.273. The Labute approximate surface area is 163 Å². The maximum atomic E-state index is 12.8. The zero-order valence-electron chi connectivity index (χ0n) is 15.7. The van der Waals surface area contributed by atoms with Gasteiger partial charge in [0.25, 0.3) is 0 Å². The summed E-state index contributed by atoms with van der Waals surface area (Å²) in [4.78, 5) is 15.8. The third kappa shape index (κ3) is 5.57. The van der Waals surface area contributed by atoms with Gasteiger partial charge in [-0.2, -0.15) is 4.72 Å². The van der Waals surface area contributed by atoms with Crippen LogP contribution in [0.25, 0.3) is 10.8 Å². The lowest BCUT2D eigenvalue weighted by atomic mass is 10.1. The number of nitrogens with zero attached hydrogens (tertiary/aromatic N) is 1. The van der Waals surface area contributed by atoms with Crippen LogP contribution in [-0.2, 0) is 19.6 Å². The van der Waals surface area contributed by atoms with E-state index in [1.807, 2.05) is 0 Å². The van der Waals surface area contributed by atoms with Crippen molar-refractivity contribution < 1.29 is 22.7 Å². The number of guanidine groups is 1. The van der Waals surface area contributed by atoms with E-state index in [9.17, 15) is 13.2 Å². The van der Waals surface area contributed by atoms with E-state index in [-0.39, 0.29) is 23.8 Å². The van der Waals surface area contributed by atoms with Crippen molar-refractivity contribution in [3.8, 4) is 5.75 Å². The molecular formula is C18H24N4O5S. The Balaban J connectivity index is 2.21. The number of methoxy groups -OCH3 is 2. The van der Waals surface area contributed by atoms with E-state index in [4.69, 9.17) is 20.9 Å². The Morgan fingerprint density at radius 1 is 1.14 bits per heavy atom. The molecule has 0 bridgehead atoms. The summed E-state index contributed by atoms with van der Waals surface area (Å²) in [6.07, 6.45) is 0.588. The fourth-order valence-corrected chi connectivity index (χ4v) is 3.88. The fourth-order valence-electron chi connectivity index (χ4n) is 2.62. The highest BCUT2D eigenvalue weighted by molar-refractivity contribution is 7.89. The largest absolute Gasteiger partial charge is 0.497 e. The first kappa shape index (κ1) is 21.5. The van der Waals surface area contributed by atoms with Crippen LogP contribution in [0.1, 0.15) is 12.8 Å². The second kappa shape index (κ2) is 9.38. The van der Waals surface area contributed by atoms with Crippen LogP contribution in [0.15, 0.2) is 46.3 Å². The molecule has 0 aliphatic rings. The zero-order chi connectivity index (χ0) is 20.7. The predicted molar refractivity (Wildman–Crippen MR) is 107 cm³/mol. The summed E-state index contributed by atoms with van der Waals surface area (Å²) in [5.74, 6) is -0.0745. The molecule has 1 atom stereocenters. The van der Waals surface area contributed by atoms with Crippen molar-refractivity contribution in [3.63, 3.8) is 0 Å². The molecule has 2 aromatic rings. The summed E-state index contributed by atoms with van der Waals surface area (Å²) in [6, 6.07) is 8.95. The van der Waals surface area contributed by atoms with E-state index in [1.54, 1.807) is 31.4 Å². The molecule has 10 heteroatoms. The SMILES string of the molecule is COC(=O)[C@H](CCCN=C(N)N)NS(=O)(=O)c1ccc2cc(OC)ccc2c1. The molecule has 0 spiro atoms. The third-order valence-electron chi connectivity index (χ3n) is 4.06. The van der Waals surface area contributed by atoms with Crippen molar-refractivity contribution in [2.45, 2.75) is 23.8 Å². The number of hydrogen-bond donors (Lipinski definition) is 3. The molecule has 0 amide bonds. The Morgan fingerprint density at radius 3 is 2.46 bits per heavy atom. The molecule has 0 saturated carbocycles. The topological polar surface area (TPSA) is 146 Å². The van der Waals surface area contributed by atoms with Crippen LogP contribution >= 0.6 is 0 Å². The minimum Gasteiger partial charge on any atom is -0.497 e. The number of benzene rings is 2. The van der Waals surface area contributed by atoms with Gasteiger partial charge >= 0.3 is 5.97 Å². The Hall–Kier alpha value is -2.85. The van der Waals surface area contributed by atoms with Gasteiger partial charge in [-0.25, -0.2) is 8.42 Å². The number of ether oxygens (including phenoxy) is 2. The molecule has 152 valence electrons. The van der Waals surface area contributed by atoms with Crippen LogP contribution in [0.5, 0.6) is 5.75 Å². The monoisotopic (exact) mass is 408 g/mol. The molecule has 2 aromatic carbocycles. The first-order chi connectivity index (χ1) is 13.3. The molecule has 0 aliphatic heterocycles. The number of sulfonamides is 1. The third-order valence-corrected chi connectivity index (χ3v) is 5.53. The van der Waals surface area contributed by atoms with E-state index < -0.39 is 22.0 Å². The molecule has 9 nitrogen and oxygen atoms in total. The molecule has 2 rings (SSSR count). The standard InChI is InChI=1S/C18H24N4O5S/c1-26-14-7-5-13-11-15(8-6-12(13)10-14)28(24,25)22-16(17(23)27-2)4-3-9-21-18(19)20/h5-8,10-11,16,22H,3-4,9H2,1-2H3,(H4,19,20,21)/t16-/m0/s1. The summed E-state index contributed by atoms with van der Waals surface area (Å²) in [5.41, 5.74) is 10.5. The first-order valence-electron chi connectivity index (χ1n) is 8.50. The van der Waals surface area contributed by atoms with Crippen molar-refractivity contribution in [3.05, 3.63) is 36.4 Å². The van der Waals surface area contributed by atoms with Crippen molar-refractivity contribution in [1.82, 2.24) is 4.72 Å². The van der Waals surface area contributed by atoms with Crippen LogP contribution in [0, 0.1) is 0 Å². The number of esters is 1. The van der Waals surface area contributed by atoms with Gasteiger partial charge in [-0.3, -0.25) is 9.79 Å². The van der Waals surface area contributed by atoms with Gasteiger partial charge in [0.15, 0.2) is 5.96 Å². The van der Waals surface area contributed by atoms with E-state index in [0.717, 1.165) is 10.8 Å². The Kier molecular flexibility index (Phi) is 7.18. The minimum atomic E-state index is -3.94. The van der Waals surface area contributed by atoms with Crippen molar-refractivity contribution in [2.24, 2.45) is 16.5 Å². The van der Waals surface area contributed by atoms with Gasteiger partial charge in [0, 0.05) is 6.54 Å². The lowest BCUT2D eigenvalue weighted by Crippen LogP contribution is -2.41. The molecule has 0 unspecified atom stereocenters. The van der Waals surface area contributed by atoms with Crippen LogP contribution in [0.4, 0.5) is 0 Å². The highest BCUT2D eigenvalue weighted by atomic mass is 32.2. The fraction of sp³-hybridized carbons (Fsp3) is 0.333. The van der Waals surface area contributed by atoms with Gasteiger partial charge in [0.05, 0.1) is 19.1 Å². The van der Waals surface area contributed by atoms with E-state index in [1.165, 1.54) is 19.2 Å². The highest BCUT2D eigenvalue weighted by Gasteiger charge is 2.26. The Morgan fingerprint density at radius 2 is 1.82 bits per heavy atom. The normalized spacial score (nSPS) is 12.4. The summed E-state index contributed by atoms with van der Waals surface area (Å²) >= 11 is 0. The average molecular weight is 408 g/mol. The predicted octanol–water partition coefficient (Wildman–Crippen LogP) is 0.722. The molecular weight excluding hydrogens is 384 g/mol. The van der Waals surface area contributed by atoms with Gasteiger partial charge < -0.3 is 20.9 Å². The average Bonchev–Trinajstić information content (AvgIpc) is 2.68. The number of carbonyl (C=O) groups excluding carboxylic acids is 1. The lowest BCUT2D eigenvalue weighted by Gasteiger charge is -2.16. The van der Waals surface area contributed by atoms with Crippen LogP contribution in [0.3, 0.4) is 0 Å². The maximum Gasteiger partial charge on any atom is 0.323 e. The van der Waals surface area contributed by atoms with Crippen LogP contribution < -0.4 is 20.9 Å². The van der Waals surface area contributed by atoms with Gasteiger partial charge in [0.1, 0.15) is 11.8 Å². The molecule has 28 heavy (non-hydrogen) atoms. The summed E-state index contributed by atoms with van der Waals surface area (Å²) in [7, 11) is -1.19. The van der Waals surface area contributed by atoms with Gasteiger partial charge in [0.2, 0.25) is 10.0 Å². The number of carbonyl (C=O) groups is 1. The van der Waals surface area contributed by atoms with Crippen LogP contribution in [0.2, 0.25) is 0 Å². The number of rotatable bonds is 9. The molecule has 5 N–H and O–H groups in total. The van der Waals surface area contributed by atoms with E-state index >= 15 is 0 Å². The number of fused-ring (bicyclic) bond motifs is 1. The highest BCUT2D eigenvalue weighted by Crippen LogP contribution is 2.24. The Bertz CT molecular complexity index is 971. The molecule has 0 aromatic heterocycles. The molecule has 0 fully saturated rings. The number of aliphatic imine (C=N–C) groups is 1. The molecule has 0 heterocycles. The quantitative estimate of drug-likeness (QED) is 0.240. The molecule has 0 saturated heterocycles. The van der Waals surface area contributed by atoms with Crippen molar-refractivity contribution in [1.29, 1.82) is 0 Å². The van der Waals surface area contributed by atoms with Gasteiger partial charge in [-0.05, 0) is 47.9 Å². The lowest BCUT2D eigenvalue weighted by molar-refractivity contribution is -0.142. The molecule has 0 radical (unpaired) electrons. The van der Waals surface area contributed by atoms with Crippen molar-refractivity contribution >= 4 is 32.7 Å². The second-order valence-electron chi connectivity index (χ2n) is 6.02. The van der Waals surface area contributed by atoms with Gasteiger partial charge in [-0.1, -0.05) is 12.1 Å². The van der Waals surface area contributed by atoms with E-state index in [2.05, 4.69) is 9.71 Å². The van der Waals surface area contributed by atoms with Crippen LogP contribution in [-0.4, -0.2) is 47.2 Å². The minimum absolute atomic E-state index is 0.0447.